The Labute approximate surface area is 148 Å². The molecule has 0 radical (unpaired) electrons. The van der Waals surface area contributed by atoms with Crippen LogP contribution in [0, 0.1) is 20.8 Å². The van der Waals surface area contributed by atoms with Gasteiger partial charge in [0.25, 0.3) is 5.56 Å². The highest BCUT2D eigenvalue weighted by molar-refractivity contribution is 5.82. The van der Waals surface area contributed by atoms with Crippen LogP contribution in [0.5, 0.6) is 0 Å². The van der Waals surface area contributed by atoms with Crippen molar-refractivity contribution in [1.29, 1.82) is 0 Å². The molecule has 9 nitrogen and oxygen atoms in total. The quantitative estimate of drug-likeness (QED) is 0.385. The Morgan fingerprint density at radius 2 is 1.85 bits per heavy atom. The van der Waals surface area contributed by atoms with Gasteiger partial charge < -0.3 is 10.6 Å². The van der Waals surface area contributed by atoms with Gasteiger partial charge in [-0.1, -0.05) is 0 Å². The first kappa shape index (κ1) is 15.9. The third kappa shape index (κ3) is 2.90. The van der Waals surface area contributed by atoms with Gasteiger partial charge in [0.05, 0.1) is 10.9 Å². The molecule has 0 saturated carbocycles. The van der Waals surface area contributed by atoms with Crippen molar-refractivity contribution in [2.24, 2.45) is 0 Å². The largest absolute Gasteiger partial charge is 0.324 e. The Kier molecular flexibility index (Phi) is 3.68. The molecule has 4 aromatic rings. The van der Waals surface area contributed by atoms with Crippen molar-refractivity contribution in [2.75, 3.05) is 10.6 Å². The number of nitrogens with one attached hydrogen (secondary N) is 5. The molecule has 0 spiro atoms. The fourth-order valence-corrected chi connectivity index (χ4v) is 2.65. The second kappa shape index (κ2) is 6.03. The van der Waals surface area contributed by atoms with Crippen LogP contribution >= 0.6 is 0 Å². The second-order valence-electron chi connectivity index (χ2n) is 6.13. The number of hydrogen-bond donors (Lipinski definition) is 5. The van der Waals surface area contributed by atoms with Gasteiger partial charge in [-0.3, -0.25) is 20.1 Å². The first-order valence-corrected chi connectivity index (χ1v) is 8.11. The third-order valence-corrected chi connectivity index (χ3v) is 4.17. The standard InChI is InChI=1S/C17H18N8O/c1-8-6-14(24-22-8)20-15-9(2)10(3)18-17(21-15)19-11-4-5-12-13(7-11)23-25-16(12)26/h4-7H,1-3H3,(H2,23,25,26)(H3,18,19,20,21,22,24). The van der Waals surface area contributed by atoms with Crippen LogP contribution in [-0.2, 0) is 0 Å². The Bertz CT molecular complexity index is 1150. The third-order valence-electron chi connectivity index (χ3n) is 4.17. The van der Waals surface area contributed by atoms with Crippen LogP contribution in [0.1, 0.15) is 17.0 Å². The van der Waals surface area contributed by atoms with Gasteiger partial charge in [-0.05, 0) is 39.0 Å². The van der Waals surface area contributed by atoms with Crippen molar-refractivity contribution < 1.29 is 0 Å². The lowest BCUT2D eigenvalue weighted by molar-refractivity contribution is 1.04. The fraction of sp³-hybridized carbons (Fsp3) is 0.176. The van der Waals surface area contributed by atoms with Gasteiger partial charge in [-0.25, -0.2) is 4.98 Å². The van der Waals surface area contributed by atoms with Crippen LogP contribution in [0.25, 0.3) is 10.9 Å². The average Bonchev–Trinajstić information content (AvgIpc) is 3.18. The summed E-state index contributed by atoms with van der Waals surface area (Å²) in [7, 11) is 0. The molecule has 0 fully saturated rings. The summed E-state index contributed by atoms with van der Waals surface area (Å²) < 4.78 is 0. The minimum atomic E-state index is -0.144. The molecule has 3 heterocycles. The highest BCUT2D eigenvalue weighted by Gasteiger charge is 2.11. The SMILES string of the molecule is Cc1cc(Nc2nc(Nc3ccc4c(=O)[nH][nH]c4c3)nc(C)c2C)n[nH]1. The minimum absolute atomic E-state index is 0.144. The Hall–Kier alpha value is -3.62. The normalized spacial score (nSPS) is 11.0. The van der Waals surface area contributed by atoms with E-state index in [1.54, 1.807) is 6.07 Å². The fourth-order valence-electron chi connectivity index (χ4n) is 2.65. The molecule has 0 amide bonds. The zero-order valence-corrected chi connectivity index (χ0v) is 14.6. The minimum Gasteiger partial charge on any atom is -0.324 e. The van der Waals surface area contributed by atoms with Crippen LogP contribution < -0.4 is 16.2 Å². The van der Waals surface area contributed by atoms with Gasteiger partial charge in [-0.2, -0.15) is 10.1 Å². The predicted octanol–water partition coefficient (Wildman–Crippen LogP) is 2.78. The Morgan fingerprint density at radius 3 is 2.62 bits per heavy atom. The van der Waals surface area contributed by atoms with E-state index in [1.807, 2.05) is 39.0 Å². The number of aromatic nitrogens is 6. The molecule has 26 heavy (non-hydrogen) atoms. The van der Waals surface area contributed by atoms with Crippen molar-refractivity contribution in [3.05, 3.63) is 51.6 Å². The number of nitrogens with zero attached hydrogens (tertiary/aromatic N) is 3. The van der Waals surface area contributed by atoms with Crippen LogP contribution in [0.15, 0.2) is 29.1 Å². The summed E-state index contributed by atoms with van der Waals surface area (Å²) in [5.74, 6) is 1.84. The number of H-pyrrole nitrogens is 3. The molecule has 0 aliphatic heterocycles. The molecule has 0 aliphatic rings. The van der Waals surface area contributed by atoms with E-state index in [4.69, 9.17) is 0 Å². The predicted molar refractivity (Wildman–Crippen MR) is 100 cm³/mol. The molecular formula is C17H18N8O. The Balaban J connectivity index is 1.65. The molecule has 0 atom stereocenters. The second-order valence-corrected chi connectivity index (χ2v) is 6.13. The number of fused-ring (bicyclic) bond motifs is 1. The number of aromatic amines is 3. The van der Waals surface area contributed by atoms with Gasteiger partial charge in [0.15, 0.2) is 5.82 Å². The maximum atomic E-state index is 11.6. The summed E-state index contributed by atoms with van der Waals surface area (Å²) in [6, 6.07) is 7.30. The molecule has 4 rings (SSSR count). The lowest BCUT2D eigenvalue weighted by Gasteiger charge is -2.12. The monoisotopic (exact) mass is 350 g/mol. The topological polar surface area (TPSA) is 127 Å². The van der Waals surface area contributed by atoms with Crippen LogP contribution in [0.3, 0.4) is 0 Å². The number of rotatable bonds is 4. The van der Waals surface area contributed by atoms with Gasteiger partial charge >= 0.3 is 0 Å². The van der Waals surface area contributed by atoms with E-state index >= 15 is 0 Å². The lowest BCUT2D eigenvalue weighted by Crippen LogP contribution is -2.05. The molecule has 0 bridgehead atoms. The highest BCUT2D eigenvalue weighted by atomic mass is 16.1. The number of anilines is 4. The van der Waals surface area contributed by atoms with Crippen molar-refractivity contribution in [2.45, 2.75) is 20.8 Å². The smallest absolute Gasteiger partial charge is 0.271 e. The molecule has 5 N–H and O–H groups in total. The maximum Gasteiger partial charge on any atom is 0.271 e. The van der Waals surface area contributed by atoms with E-state index in [-0.39, 0.29) is 5.56 Å². The molecule has 0 saturated heterocycles. The first-order valence-electron chi connectivity index (χ1n) is 8.11. The van der Waals surface area contributed by atoms with Crippen molar-refractivity contribution in [3.8, 4) is 0 Å². The maximum absolute atomic E-state index is 11.6. The van der Waals surface area contributed by atoms with Gasteiger partial charge in [-0.15, -0.1) is 0 Å². The zero-order valence-electron chi connectivity index (χ0n) is 14.6. The molecule has 3 aromatic heterocycles. The number of hydrogen-bond acceptors (Lipinski definition) is 6. The molecule has 9 heteroatoms. The van der Waals surface area contributed by atoms with E-state index < -0.39 is 0 Å². The van der Waals surface area contributed by atoms with Crippen LogP contribution in [-0.4, -0.2) is 30.4 Å². The lowest BCUT2D eigenvalue weighted by atomic mass is 10.2. The number of benzene rings is 1. The summed E-state index contributed by atoms with van der Waals surface area (Å²) in [6.45, 7) is 5.82. The first-order chi connectivity index (χ1) is 12.5. The van der Waals surface area contributed by atoms with Crippen molar-refractivity contribution >= 4 is 34.2 Å². The van der Waals surface area contributed by atoms with E-state index in [0.717, 1.165) is 22.6 Å². The van der Waals surface area contributed by atoms with E-state index in [9.17, 15) is 4.79 Å². The van der Waals surface area contributed by atoms with E-state index in [1.165, 1.54) is 0 Å². The molecule has 132 valence electrons. The molecule has 0 unspecified atom stereocenters. The van der Waals surface area contributed by atoms with Gasteiger partial charge in [0.2, 0.25) is 5.95 Å². The summed E-state index contributed by atoms with van der Waals surface area (Å²) in [4.78, 5) is 20.6. The van der Waals surface area contributed by atoms with Crippen LogP contribution in [0.2, 0.25) is 0 Å². The average molecular weight is 350 g/mol. The van der Waals surface area contributed by atoms with E-state index in [2.05, 4.69) is 41.0 Å². The summed E-state index contributed by atoms with van der Waals surface area (Å²) in [5, 5.41) is 19.5. The number of aryl methyl sites for hydroxylation is 2. The summed E-state index contributed by atoms with van der Waals surface area (Å²) >= 11 is 0. The van der Waals surface area contributed by atoms with Crippen molar-refractivity contribution in [1.82, 2.24) is 30.4 Å². The zero-order chi connectivity index (χ0) is 18.3. The molecule has 1 aromatic carbocycles. The van der Waals surface area contributed by atoms with Crippen LogP contribution in [0.4, 0.5) is 23.3 Å². The van der Waals surface area contributed by atoms with E-state index in [0.29, 0.717) is 28.5 Å². The molecule has 0 aliphatic carbocycles. The summed E-state index contributed by atoms with van der Waals surface area (Å²) in [5.41, 5.74) is 4.11. The Morgan fingerprint density at radius 1 is 1.00 bits per heavy atom. The molecular weight excluding hydrogens is 332 g/mol. The highest BCUT2D eigenvalue weighted by Crippen LogP contribution is 2.23. The van der Waals surface area contributed by atoms with Gasteiger partial charge in [0, 0.05) is 28.7 Å². The van der Waals surface area contributed by atoms with Crippen molar-refractivity contribution in [3.63, 3.8) is 0 Å². The van der Waals surface area contributed by atoms with Gasteiger partial charge in [0.1, 0.15) is 5.82 Å². The summed E-state index contributed by atoms with van der Waals surface area (Å²) in [6.07, 6.45) is 0.